The minimum Gasteiger partial charge on any atom is -0.394 e. The van der Waals surface area contributed by atoms with Gasteiger partial charge in [-0.05, 0) is 6.07 Å². The summed E-state index contributed by atoms with van der Waals surface area (Å²) in [6, 6.07) is 1.52. The fourth-order valence-corrected chi connectivity index (χ4v) is 3.62. The second-order valence-electron chi connectivity index (χ2n) is 4.81. The average Bonchev–Trinajstić information content (AvgIpc) is 2.56. The number of rotatable bonds is 8. The smallest absolute Gasteiger partial charge is 0.394 e. The molecular formula is C9H20N3O16P3. The molecule has 1 heterocycles. The molecule has 0 aromatic carbocycles. The van der Waals surface area contributed by atoms with E-state index in [0.717, 1.165) is 0 Å². The van der Waals surface area contributed by atoms with Gasteiger partial charge < -0.3 is 55.4 Å². The van der Waals surface area contributed by atoms with Crippen molar-refractivity contribution in [2.45, 2.75) is 18.3 Å². The Hall–Kier alpha value is -1.40. The zero-order chi connectivity index (χ0) is 25.0. The van der Waals surface area contributed by atoms with Crippen molar-refractivity contribution in [3.8, 4) is 0 Å². The summed E-state index contributed by atoms with van der Waals surface area (Å²) in [6.45, 7) is -0.688. The number of anilines is 1. The molecule has 3 unspecified atom stereocenters. The molecule has 1 aromatic heterocycles. The van der Waals surface area contributed by atoms with E-state index in [9.17, 15) is 23.3 Å². The third-order valence-corrected chi connectivity index (χ3v) is 5.54. The van der Waals surface area contributed by atoms with Gasteiger partial charge in [-0.3, -0.25) is 4.98 Å². The molecule has 31 heavy (non-hydrogen) atoms. The fourth-order valence-electron chi connectivity index (χ4n) is 1.08. The van der Waals surface area contributed by atoms with E-state index in [0.29, 0.717) is 5.82 Å². The van der Waals surface area contributed by atoms with Gasteiger partial charge in [0.2, 0.25) is 0 Å². The highest BCUT2D eigenvalue weighted by Crippen LogP contribution is 2.64. The van der Waals surface area contributed by atoms with Crippen LogP contribution in [0, 0.1) is 0 Å². The predicted octanol–water partition coefficient (Wildman–Crippen LogP) is -4.08. The molecular weight excluding hydrogens is 499 g/mol. The van der Waals surface area contributed by atoms with E-state index in [1.54, 1.807) is 0 Å². The van der Waals surface area contributed by atoms with Crippen LogP contribution in [0.1, 0.15) is 0 Å². The Kier molecular flexibility index (Phi) is 14.2. The van der Waals surface area contributed by atoms with Gasteiger partial charge in [-0.1, -0.05) is 0 Å². The molecule has 0 amide bonds. The highest BCUT2D eigenvalue weighted by atomic mass is 31.3. The monoisotopic (exact) mass is 519 g/mol. The standard InChI is InChI=1S/C5H10O5.C4H5N3O.H5O10P3/c6-1-3(8)5(10)4(9)2-7;5-3-1-2-6-4(8)7-3;1-11(2,3)9-13(7,8)10-12(4,5)6/h1,3-5,7-10H,2H2;1-2H,(H3,5,6,7,8);(H,7,8)(H2,1,2,3)(H2,4,5,6). The molecule has 0 saturated heterocycles. The van der Waals surface area contributed by atoms with E-state index in [1.807, 2.05) is 0 Å². The van der Waals surface area contributed by atoms with Crippen LogP contribution in [0.25, 0.3) is 0 Å². The van der Waals surface area contributed by atoms with Gasteiger partial charge in [-0.2, -0.15) is 8.62 Å². The summed E-state index contributed by atoms with van der Waals surface area (Å²) >= 11 is 0. The van der Waals surface area contributed by atoms with Crippen molar-refractivity contribution in [3.63, 3.8) is 0 Å². The van der Waals surface area contributed by atoms with Gasteiger partial charge in [-0.15, -0.1) is 0 Å². The molecule has 182 valence electrons. The van der Waals surface area contributed by atoms with E-state index in [1.165, 1.54) is 12.3 Å². The average molecular weight is 519 g/mol. The number of hydrogen-bond acceptors (Lipinski definition) is 13. The van der Waals surface area contributed by atoms with E-state index in [-0.39, 0.29) is 6.29 Å². The summed E-state index contributed by atoms with van der Waals surface area (Å²) < 4.78 is 36.4. The SMILES string of the molecule is Nc1ccnc(=O)[nH]1.O=CC(O)C(O)C(O)CO.O=P(O)(O)OP(=O)(O)OP(=O)(O)O. The van der Waals surface area contributed by atoms with Crippen LogP contribution in [0.2, 0.25) is 0 Å². The number of aldehydes is 1. The van der Waals surface area contributed by atoms with Crippen LogP contribution in [0.15, 0.2) is 17.1 Å². The maximum absolute atomic E-state index is 10.4. The minimum absolute atomic E-state index is 0.0869. The van der Waals surface area contributed by atoms with Gasteiger partial charge in [0.1, 0.15) is 24.1 Å². The van der Waals surface area contributed by atoms with E-state index < -0.39 is 54.1 Å². The van der Waals surface area contributed by atoms with E-state index in [4.69, 9.17) is 50.6 Å². The summed E-state index contributed by atoms with van der Waals surface area (Å²) in [5, 5.41) is 34.1. The molecule has 0 aliphatic rings. The molecule has 0 saturated carbocycles. The quantitative estimate of drug-likeness (QED) is 0.115. The lowest BCUT2D eigenvalue weighted by Crippen LogP contribution is -2.40. The third kappa shape index (κ3) is 19.0. The molecule has 22 heteroatoms. The molecule has 0 radical (unpaired) electrons. The van der Waals surface area contributed by atoms with Crippen molar-refractivity contribution >= 4 is 35.6 Å². The summed E-state index contributed by atoms with van der Waals surface area (Å²) in [7, 11) is -16.2. The Morgan fingerprint density at radius 3 is 1.77 bits per heavy atom. The number of aliphatic hydroxyl groups is 4. The second kappa shape index (κ2) is 13.9. The first-order valence-corrected chi connectivity index (χ1v) is 11.7. The molecule has 3 atom stereocenters. The molecule has 1 aromatic rings. The van der Waals surface area contributed by atoms with Crippen molar-refractivity contribution in [1.29, 1.82) is 0 Å². The van der Waals surface area contributed by atoms with Gasteiger partial charge in [0.05, 0.1) is 6.61 Å². The normalized spacial score (nSPS) is 14.7. The Morgan fingerprint density at radius 2 is 1.52 bits per heavy atom. The Labute approximate surface area is 171 Å². The first-order valence-electron chi connectivity index (χ1n) is 7.11. The lowest BCUT2D eigenvalue weighted by atomic mass is 10.1. The van der Waals surface area contributed by atoms with Gasteiger partial charge in [0.15, 0.2) is 6.29 Å². The lowest BCUT2D eigenvalue weighted by molar-refractivity contribution is -0.127. The van der Waals surface area contributed by atoms with Gasteiger partial charge in [-0.25, -0.2) is 23.5 Å². The lowest BCUT2D eigenvalue weighted by Gasteiger charge is -2.16. The number of carbonyl (C=O) groups is 1. The third-order valence-electron chi connectivity index (χ3n) is 2.19. The number of aliphatic hydroxyl groups excluding tert-OH is 4. The Morgan fingerprint density at radius 1 is 1.06 bits per heavy atom. The van der Waals surface area contributed by atoms with Crippen LogP contribution in [-0.4, -0.2) is 86.1 Å². The van der Waals surface area contributed by atoms with Crippen molar-refractivity contribution in [2.24, 2.45) is 0 Å². The molecule has 19 nitrogen and oxygen atoms in total. The van der Waals surface area contributed by atoms with Crippen LogP contribution in [0.5, 0.6) is 0 Å². The number of carbonyl (C=O) groups excluding carboxylic acids is 1. The summed E-state index contributed by atoms with van der Waals surface area (Å²) in [6.07, 6.45) is -3.28. The summed E-state index contributed by atoms with van der Waals surface area (Å²) in [5.74, 6) is 0.338. The van der Waals surface area contributed by atoms with Crippen LogP contribution >= 0.6 is 23.5 Å². The van der Waals surface area contributed by atoms with Crippen molar-refractivity contribution in [1.82, 2.24) is 9.97 Å². The number of phosphoric acid groups is 3. The Balaban J connectivity index is 0. The zero-order valence-electron chi connectivity index (χ0n) is 14.9. The largest absolute Gasteiger partial charge is 0.490 e. The van der Waals surface area contributed by atoms with Crippen molar-refractivity contribution < 1.29 is 72.0 Å². The van der Waals surface area contributed by atoms with Crippen LogP contribution < -0.4 is 11.4 Å². The molecule has 0 fully saturated rings. The van der Waals surface area contributed by atoms with Crippen molar-refractivity contribution in [3.05, 3.63) is 22.7 Å². The maximum atomic E-state index is 10.4. The summed E-state index contributed by atoms with van der Waals surface area (Å²) in [4.78, 5) is 65.8. The number of aromatic amines is 1. The Bertz CT molecular complexity index is 837. The molecule has 0 spiro atoms. The number of nitrogen functional groups attached to an aromatic ring is 1. The maximum Gasteiger partial charge on any atom is 0.490 e. The minimum atomic E-state index is -5.46. The predicted molar refractivity (Wildman–Crippen MR) is 96.5 cm³/mol. The number of aromatic nitrogens is 2. The number of nitrogens with two attached hydrogens (primary N) is 1. The fraction of sp³-hybridized carbons (Fsp3) is 0.444. The zero-order valence-corrected chi connectivity index (χ0v) is 17.6. The molecule has 1 rings (SSSR count). The number of nitrogens with zero attached hydrogens (tertiary/aromatic N) is 1. The highest BCUT2D eigenvalue weighted by Gasteiger charge is 2.38. The van der Waals surface area contributed by atoms with E-state index in [2.05, 4.69) is 18.6 Å². The van der Waals surface area contributed by atoms with Crippen molar-refractivity contribution in [2.75, 3.05) is 12.3 Å². The molecule has 12 N–H and O–H groups in total. The van der Waals surface area contributed by atoms with Crippen LogP contribution in [-0.2, 0) is 27.1 Å². The van der Waals surface area contributed by atoms with Gasteiger partial charge in [0, 0.05) is 6.20 Å². The van der Waals surface area contributed by atoms with Gasteiger partial charge in [0.25, 0.3) is 0 Å². The second-order valence-corrected chi connectivity index (χ2v) is 9.02. The van der Waals surface area contributed by atoms with Crippen LogP contribution in [0.3, 0.4) is 0 Å². The number of H-pyrrole nitrogens is 1. The molecule has 0 aliphatic heterocycles. The highest BCUT2D eigenvalue weighted by molar-refractivity contribution is 7.66. The molecule has 0 aliphatic carbocycles. The molecule has 0 bridgehead atoms. The van der Waals surface area contributed by atoms with E-state index >= 15 is 0 Å². The van der Waals surface area contributed by atoms with Gasteiger partial charge >= 0.3 is 29.2 Å². The first-order chi connectivity index (χ1) is 13.8. The first kappa shape index (κ1) is 31.8. The number of nitrogens with one attached hydrogen (secondary N) is 1. The topological polar surface area (TPSA) is 341 Å². The number of hydrogen-bond donors (Lipinski definition) is 11. The van der Waals surface area contributed by atoms with Crippen LogP contribution in [0.4, 0.5) is 5.82 Å². The summed E-state index contributed by atoms with van der Waals surface area (Å²) in [5.41, 5.74) is 4.75.